The first-order valence-corrected chi connectivity index (χ1v) is 12.7. The first-order chi connectivity index (χ1) is 14.4. The van der Waals surface area contributed by atoms with Gasteiger partial charge < -0.3 is 14.9 Å². The van der Waals surface area contributed by atoms with Gasteiger partial charge >= 0.3 is 0 Å². The molecular formula is C20H30N4O5S. The SMILES string of the molecule is O=C(N[C@H]1C[C@H]2CC[C@@H](C1)N2S(=O)(=O)CCN1CCC(O)C1)c1cc(C2CC2)on1. The van der Waals surface area contributed by atoms with Crippen LogP contribution in [0.5, 0.6) is 0 Å². The Hall–Kier alpha value is -1.49. The molecule has 10 heteroatoms. The van der Waals surface area contributed by atoms with Gasteiger partial charge in [-0.05, 0) is 44.9 Å². The Morgan fingerprint density at radius 3 is 2.57 bits per heavy atom. The Morgan fingerprint density at radius 1 is 1.20 bits per heavy atom. The van der Waals surface area contributed by atoms with Crippen LogP contribution in [-0.2, 0) is 10.0 Å². The van der Waals surface area contributed by atoms with E-state index in [4.69, 9.17) is 4.52 Å². The van der Waals surface area contributed by atoms with Crippen molar-refractivity contribution in [2.24, 2.45) is 0 Å². The van der Waals surface area contributed by atoms with Crippen LogP contribution in [0.1, 0.15) is 67.1 Å². The summed E-state index contributed by atoms with van der Waals surface area (Å²) in [5.74, 6) is 1.05. The monoisotopic (exact) mass is 438 g/mol. The first kappa shape index (κ1) is 20.4. The molecular weight excluding hydrogens is 408 g/mol. The van der Waals surface area contributed by atoms with Gasteiger partial charge in [-0.25, -0.2) is 8.42 Å². The number of aliphatic hydroxyl groups is 1. The van der Waals surface area contributed by atoms with Crippen molar-refractivity contribution in [3.8, 4) is 0 Å². The van der Waals surface area contributed by atoms with Crippen LogP contribution in [0.3, 0.4) is 0 Å². The Morgan fingerprint density at radius 2 is 1.93 bits per heavy atom. The Labute approximate surface area is 176 Å². The van der Waals surface area contributed by atoms with E-state index < -0.39 is 10.0 Å². The van der Waals surface area contributed by atoms with E-state index in [1.54, 1.807) is 10.4 Å². The number of carbonyl (C=O) groups excluding carboxylic acids is 1. The molecule has 1 aromatic rings. The van der Waals surface area contributed by atoms with Crippen molar-refractivity contribution in [2.75, 3.05) is 25.4 Å². The Bertz CT molecular complexity index is 885. The van der Waals surface area contributed by atoms with Crippen LogP contribution in [0.15, 0.2) is 10.6 Å². The number of nitrogens with zero attached hydrogens (tertiary/aromatic N) is 3. The van der Waals surface area contributed by atoms with E-state index in [2.05, 4.69) is 10.5 Å². The highest BCUT2D eigenvalue weighted by Crippen LogP contribution is 2.40. The number of sulfonamides is 1. The predicted octanol–water partition coefficient (Wildman–Crippen LogP) is 0.674. The van der Waals surface area contributed by atoms with Crippen LogP contribution in [-0.4, -0.2) is 83.4 Å². The summed E-state index contributed by atoms with van der Waals surface area (Å²) in [6.45, 7) is 1.77. The fraction of sp³-hybridized carbons (Fsp3) is 0.800. The average Bonchev–Trinajstić information content (AvgIpc) is 3.15. The number of aromatic nitrogens is 1. The molecule has 0 spiro atoms. The lowest BCUT2D eigenvalue weighted by atomic mass is 9.99. The predicted molar refractivity (Wildman–Crippen MR) is 108 cm³/mol. The van der Waals surface area contributed by atoms with Gasteiger partial charge in [-0.2, -0.15) is 4.31 Å². The second kappa shape index (κ2) is 7.89. The molecule has 2 N–H and O–H groups in total. The zero-order chi connectivity index (χ0) is 20.9. The zero-order valence-corrected chi connectivity index (χ0v) is 17.9. The number of likely N-dealkylation sites (tertiary alicyclic amines) is 1. The minimum atomic E-state index is -3.36. The summed E-state index contributed by atoms with van der Waals surface area (Å²) in [6, 6.07) is 1.58. The van der Waals surface area contributed by atoms with E-state index in [1.807, 2.05) is 4.90 Å². The molecule has 2 bridgehead atoms. The minimum Gasteiger partial charge on any atom is -0.392 e. The number of nitrogens with one attached hydrogen (secondary N) is 1. The van der Waals surface area contributed by atoms with Crippen LogP contribution >= 0.6 is 0 Å². The van der Waals surface area contributed by atoms with Gasteiger partial charge in [-0.1, -0.05) is 5.16 Å². The van der Waals surface area contributed by atoms with E-state index >= 15 is 0 Å². The second-order valence-corrected chi connectivity index (χ2v) is 11.3. The molecule has 0 aromatic carbocycles. The lowest BCUT2D eigenvalue weighted by molar-refractivity contribution is 0.0900. The molecule has 4 aliphatic rings. The van der Waals surface area contributed by atoms with Gasteiger partial charge in [0.2, 0.25) is 10.0 Å². The normalized spacial score (nSPS) is 32.6. The molecule has 4 atom stereocenters. The molecule has 166 valence electrons. The largest absolute Gasteiger partial charge is 0.392 e. The van der Waals surface area contributed by atoms with Crippen LogP contribution in [0.25, 0.3) is 0 Å². The van der Waals surface area contributed by atoms with Gasteiger partial charge in [-0.15, -0.1) is 0 Å². The number of carbonyl (C=O) groups is 1. The third kappa shape index (κ3) is 4.15. The molecule has 3 aliphatic heterocycles. The number of fused-ring (bicyclic) bond motifs is 2. The molecule has 4 heterocycles. The maximum atomic E-state index is 13.0. The zero-order valence-electron chi connectivity index (χ0n) is 17.1. The van der Waals surface area contributed by atoms with Gasteiger partial charge in [-0.3, -0.25) is 9.69 Å². The summed E-state index contributed by atoms with van der Waals surface area (Å²) in [4.78, 5) is 14.6. The van der Waals surface area contributed by atoms with Gasteiger partial charge in [0.15, 0.2) is 5.69 Å². The fourth-order valence-electron chi connectivity index (χ4n) is 5.29. The van der Waals surface area contributed by atoms with Crippen molar-refractivity contribution in [1.82, 2.24) is 19.7 Å². The molecule has 0 radical (unpaired) electrons. The summed E-state index contributed by atoms with van der Waals surface area (Å²) >= 11 is 0. The number of hydrogen-bond donors (Lipinski definition) is 2. The molecule has 1 amide bonds. The molecule has 30 heavy (non-hydrogen) atoms. The van der Waals surface area contributed by atoms with Gasteiger partial charge in [0.1, 0.15) is 5.76 Å². The highest BCUT2D eigenvalue weighted by atomic mass is 32.2. The van der Waals surface area contributed by atoms with Crippen LogP contribution in [0, 0.1) is 0 Å². The van der Waals surface area contributed by atoms with Gasteiger partial charge in [0.25, 0.3) is 5.91 Å². The van der Waals surface area contributed by atoms with Crippen molar-refractivity contribution in [1.29, 1.82) is 0 Å². The van der Waals surface area contributed by atoms with Crippen molar-refractivity contribution in [3.63, 3.8) is 0 Å². The highest BCUT2D eigenvalue weighted by Gasteiger charge is 2.47. The van der Waals surface area contributed by atoms with E-state index in [0.717, 1.165) is 38.0 Å². The molecule has 1 unspecified atom stereocenters. The molecule has 9 nitrogen and oxygen atoms in total. The maximum absolute atomic E-state index is 13.0. The number of aliphatic hydroxyl groups excluding tert-OH is 1. The fourth-order valence-corrected chi connectivity index (χ4v) is 7.28. The van der Waals surface area contributed by atoms with Crippen molar-refractivity contribution >= 4 is 15.9 Å². The smallest absolute Gasteiger partial charge is 0.273 e. The third-order valence-corrected chi connectivity index (χ3v) is 8.91. The van der Waals surface area contributed by atoms with Crippen LogP contribution in [0.2, 0.25) is 0 Å². The van der Waals surface area contributed by atoms with Crippen LogP contribution in [0.4, 0.5) is 0 Å². The van der Waals surface area contributed by atoms with Crippen molar-refractivity contribution in [2.45, 2.75) is 75.1 Å². The Balaban J connectivity index is 1.17. The summed E-state index contributed by atoms with van der Waals surface area (Å²) in [5, 5.41) is 16.6. The molecule has 4 fully saturated rings. The number of β-amino-alcohol motifs (C(OH)–C–C–N with tert-alkyl or cyclic N) is 1. The third-order valence-electron chi connectivity index (χ3n) is 6.98. The summed E-state index contributed by atoms with van der Waals surface area (Å²) in [5.41, 5.74) is 0.312. The summed E-state index contributed by atoms with van der Waals surface area (Å²) in [7, 11) is -3.36. The van der Waals surface area contributed by atoms with E-state index in [1.165, 1.54) is 0 Å². The lowest BCUT2D eigenvalue weighted by Gasteiger charge is -2.38. The molecule has 1 aliphatic carbocycles. The second-order valence-electron chi connectivity index (χ2n) is 9.30. The average molecular weight is 439 g/mol. The van der Waals surface area contributed by atoms with Gasteiger partial charge in [0, 0.05) is 49.7 Å². The van der Waals surface area contributed by atoms with Crippen LogP contribution < -0.4 is 5.32 Å². The molecule has 5 rings (SSSR count). The molecule has 3 saturated heterocycles. The van der Waals surface area contributed by atoms with Gasteiger partial charge in [0.05, 0.1) is 11.9 Å². The Kier molecular flexibility index (Phi) is 5.37. The number of amides is 1. The van der Waals surface area contributed by atoms with Crippen molar-refractivity contribution in [3.05, 3.63) is 17.5 Å². The van der Waals surface area contributed by atoms with Crippen molar-refractivity contribution < 1.29 is 22.8 Å². The van der Waals surface area contributed by atoms with E-state index in [0.29, 0.717) is 44.0 Å². The number of piperidine rings is 1. The number of rotatable bonds is 7. The lowest BCUT2D eigenvalue weighted by Crippen LogP contribution is -2.53. The topological polar surface area (TPSA) is 116 Å². The maximum Gasteiger partial charge on any atom is 0.273 e. The van der Waals surface area contributed by atoms with E-state index in [9.17, 15) is 18.3 Å². The molecule has 1 aromatic heterocycles. The summed E-state index contributed by atoms with van der Waals surface area (Å²) in [6.07, 6.45) is 5.50. The minimum absolute atomic E-state index is 0.0451. The van der Waals surface area contributed by atoms with E-state index in [-0.39, 0.29) is 35.9 Å². The summed E-state index contributed by atoms with van der Waals surface area (Å²) < 4.78 is 33.1. The standard InChI is InChI=1S/C20H30N4O5S/c25-17-5-6-23(12-17)7-8-30(27,28)24-15-3-4-16(24)10-14(9-15)21-20(26)18-11-19(29-22-18)13-1-2-13/h11,13-17,25H,1-10,12H2,(H,21,26)/t14-,15+,16-,17?. The highest BCUT2D eigenvalue weighted by molar-refractivity contribution is 7.89. The molecule has 1 saturated carbocycles. The number of hydrogen-bond acceptors (Lipinski definition) is 7. The first-order valence-electron chi connectivity index (χ1n) is 11.1. The quantitative estimate of drug-likeness (QED) is 0.643.